The SMILES string of the molecule is CN(c1cccnc1)c1ccc(C(F)(F)F)c(C#N)c1. The van der Waals surface area contributed by atoms with Crippen LogP contribution in [0.5, 0.6) is 0 Å². The quantitative estimate of drug-likeness (QED) is 0.839. The fraction of sp³-hybridized carbons (Fsp3) is 0.143. The van der Waals surface area contributed by atoms with Crippen LogP contribution < -0.4 is 4.90 Å². The van der Waals surface area contributed by atoms with E-state index in [0.29, 0.717) is 5.69 Å². The molecule has 0 atom stereocenters. The lowest BCUT2D eigenvalue weighted by molar-refractivity contribution is -0.137. The average Bonchev–Trinajstić information content (AvgIpc) is 2.45. The van der Waals surface area contributed by atoms with Crippen molar-refractivity contribution in [1.82, 2.24) is 4.98 Å². The molecule has 0 aliphatic heterocycles. The minimum absolute atomic E-state index is 0.397. The molecule has 1 aromatic carbocycles. The molecule has 2 rings (SSSR count). The second-order valence-corrected chi connectivity index (χ2v) is 4.11. The van der Waals surface area contributed by atoms with Crippen molar-refractivity contribution in [3.63, 3.8) is 0 Å². The molecule has 0 saturated carbocycles. The minimum Gasteiger partial charge on any atom is -0.343 e. The number of anilines is 2. The van der Waals surface area contributed by atoms with Crippen LogP contribution in [0.25, 0.3) is 0 Å². The highest BCUT2D eigenvalue weighted by Gasteiger charge is 2.33. The normalized spacial score (nSPS) is 10.9. The molecule has 0 unspecified atom stereocenters. The first-order chi connectivity index (χ1) is 9.43. The lowest BCUT2D eigenvalue weighted by Gasteiger charge is -2.20. The number of pyridine rings is 1. The number of halogens is 3. The third-order valence-corrected chi connectivity index (χ3v) is 2.85. The summed E-state index contributed by atoms with van der Waals surface area (Å²) in [6, 6.07) is 8.55. The predicted molar refractivity (Wildman–Crippen MR) is 68.5 cm³/mol. The predicted octanol–water partition coefficient (Wildman–Crippen LogP) is 3.74. The Morgan fingerprint density at radius 2 is 1.95 bits per heavy atom. The molecule has 1 heterocycles. The van der Waals surface area contributed by atoms with Crippen LogP contribution in [0.1, 0.15) is 11.1 Å². The van der Waals surface area contributed by atoms with Crippen molar-refractivity contribution in [2.75, 3.05) is 11.9 Å². The van der Waals surface area contributed by atoms with Crippen LogP contribution in [-0.4, -0.2) is 12.0 Å². The number of aromatic nitrogens is 1. The van der Waals surface area contributed by atoms with Gasteiger partial charge in [-0.15, -0.1) is 0 Å². The van der Waals surface area contributed by atoms with Crippen molar-refractivity contribution < 1.29 is 13.2 Å². The summed E-state index contributed by atoms with van der Waals surface area (Å²) in [6.45, 7) is 0. The Bertz CT molecular complexity index is 645. The Balaban J connectivity index is 2.43. The maximum absolute atomic E-state index is 12.7. The highest BCUT2D eigenvalue weighted by Crippen LogP contribution is 2.34. The van der Waals surface area contributed by atoms with E-state index >= 15 is 0 Å². The van der Waals surface area contributed by atoms with Crippen molar-refractivity contribution >= 4 is 11.4 Å². The second-order valence-electron chi connectivity index (χ2n) is 4.11. The number of hydrogen-bond donors (Lipinski definition) is 0. The summed E-state index contributed by atoms with van der Waals surface area (Å²) >= 11 is 0. The molecule has 6 heteroatoms. The van der Waals surface area contributed by atoms with Gasteiger partial charge in [0, 0.05) is 18.9 Å². The van der Waals surface area contributed by atoms with Crippen molar-refractivity contribution in [2.24, 2.45) is 0 Å². The molecule has 0 bridgehead atoms. The summed E-state index contributed by atoms with van der Waals surface area (Å²) in [5, 5.41) is 8.88. The van der Waals surface area contributed by atoms with Gasteiger partial charge in [0.25, 0.3) is 0 Å². The van der Waals surface area contributed by atoms with Crippen molar-refractivity contribution in [2.45, 2.75) is 6.18 Å². The van der Waals surface area contributed by atoms with Gasteiger partial charge in [0.15, 0.2) is 0 Å². The largest absolute Gasteiger partial charge is 0.417 e. The van der Waals surface area contributed by atoms with E-state index in [1.165, 1.54) is 12.1 Å². The van der Waals surface area contributed by atoms with Crippen LogP contribution in [0.15, 0.2) is 42.7 Å². The Kier molecular flexibility index (Phi) is 3.61. The number of hydrogen-bond acceptors (Lipinski definition) is 3. The second kappa shape index (κ2) is 5.21. The molecule has 3 nitrogen and oxygen atoms in total. The van der Waals surface area contributed by atoms with Gasteiger partial charge in [0.1, 0.15) is 0 Å². The summed E-state index contributed by atoms with van der Waals surface area (Å²) < 4.78 is 38.1. The third kappa shape index (κ3) is 2.72. The van der Waals surface area contributed by atoms with Crippen LogP contribution in [0, 0.1) is 11.3 Å². The van der Waals surface area contributed by atoms with E-state index in [-0.39, 0.29) is 0 Å². The summed E-state index contributed by atoms with van der Waals surface area (Å²) in [5.74, 6) is 0. The molecule has 2 aromatic rings. The van der Waals surface area contributed by atoms with Crippen molar-refractivity contribution in [3.05, 3.63) is 53.9 Å². The summed E-state index contributed by atoms with van der Waals surface area (Å²) in [6.07, 6.45) is -1.34. The smallest absolute Gasteiger partial charge is 0.343 e. The molecule has 0 N–H and O–H groups in total. The number of nitrogens with zero attached hydrogens (tertiary/aromatic N) is 3. The number of alkyl halides is 3. The highest BCUT2D eigenvalue weighted by molar-refractivity contribution is 5.64. The molecule has 0 amide bonds. The Morgan fingerprint density at radius 3 is 2.50 bits per heavy atom. The van der Waals surface area contributed by atoms with Crippen molar-refractivity contribution in [3.8, 4) is 6.07 Å². The van der Waals surface area contributed by atoms with E-state index in [1.54, 1.807) is 42.5 Å². The lowest BCUT2D eigenvalue weighted by Crippen LogP contribution is -2.12. The lowest BCUT2D eigenvalue weighted by atomic mass is 10.1. The van der Waals surface area contributed by atoms with Crippen molar-refractivity contribution in [1.29, 1.82) is 5.26 Å². The maximum Gasteiger partial charge on any atom is 0.417 e. The van der Waals surface area contributed by atoms with Gasteiger partial charge in [-0.3, -0.25) is 4.98 Å². The molecule has 0 fully saturated rings. The van der Waals surface area contributed by atoms with Gasteiger partial charge in [0.05, 0.1) is 29.1 Å². The molecular formula is C14H10F3N3. The van der Waals surface area contributed by atoms with E-state index < -0.39 is 17.3 Å². The Labute approximate surface area is 113 Å². The van der Waals surface area contributed by atoms with Gasteiger partial charge in [0.2, 0.25) is 0 Å². The maximum atomic E-state index is 12.7. The van der Waals surface area contributed by atoms with Gasteiger partial charge in [-0.2, -0.15) is 18.4 Å². The van der Waals surface area contributed by atoms with E-state index in [0.717, 1.165) is 11.8 Å². The number of benzene rings is 1. The molecule has 0 spiro atoms. The highest BCUT2D eigenvalue weighted by atomic mass is 19.4. The first-order valence-corrected chi connectivity index (χ1v) is 5.68. The fourth-order valence-electron chi connectivity index (χ4n) is 1.78. The summed E-state index contributed by atoms with van der Waals surface area (Å²) in [4.78, 5) is 5.60. The summed E-state index contributed by atoms with van der Waals surface area (Å²) in [7, 11) is 1.70. The zero-order valence-corrected chi connectivity index (χ0v) is 10.5. The molecular weight excluding hydrogens is 267 g/mol. The van der Waals surface area contributed by atoms with Gasteiger partial charge in [-0.25, -0.2) is 0 Å². The zero-order valence-electron chi connectivity index (χ0n) is 10.5. The standard InChI is InChI=1S/C14H10F3N3/c1-20(12-3-2-6-19-9-12)11-4-5-13(14(15,16)17)10(7-11)8-18/h2-7,9H,1H3. The topological polar surface area (TPSA) is 39.9 Å². The molecule has 0 saturated heterocycles. The van der Waals surface area contributed by atoms with E-state index in [9.17, 15) is 13.2 Å². The first kappa shape index (κ1) is 13.9. The average molecular weight is 277 g/mol. The third-order valence-electron chi connectivity index (χ3n) is 2.85. The van der Waals surface area contributed by atoms with Gasteiger partial charge in [-0.1, -0.05) is 0 Å². The van der Waals surface area contributed by atoms with E-state index in [4.69, 9.17) is 5.26 Å². The molecule has 20 heavy (non-hydrogen) atoms. The zero-order chi connectivity index (χ0) is 14.8. The van der Waals surface area contributed by atoms with Gasteiger partial charge >= 0.3 is 6.18 Å². The molecule has 0 aliphatic carbocycles. The van der Waals surface area contributed by atoms with Crippen LogP contribution in [0.4, 0.5) is 24.5 Å². The molecule has 102 valence electrons. The monoisotopic (exact) mass is 277 g/mol. The molecule has 0 radical (unpaired) electrons. The Hall–Kier alpha value is -2.55. The van der Waals surface area contributed by atoms with Gasteiger partial charge < -0.3 is 4.90 Å². The molecule has 0 aliphatic rings. The number of nitriles is 1. The van der Waals surface area contributed by atoms with E-state index in [2.05, 4.69) is 4.98 Å². The molecule has 1 aromatic heterocycles. The van der Waals surface area contributed by atoms with Crippen LogP contribution in [0.3, 0.4) is 0 Å². The Morgan fingerprint density at radius 1 is 1.20 bits per heavy atom. The first-order valence-electron chi connectivity index (χ1n) is 5.68. The van der Waals surface area contributed by atoms with Crippen LogP contribution in [0.2, 0.25) is 0 Å². The van der Waals surface area contributed by atoms with Crippen LogP contribution in [-0.2, 0) is 6.18 Å². The fourth-order valence-corrected chi connectivity index (χ4v) is 1.78. The van der Waals surface area contributed by atoms with E-state index in [1.807, 2.05) is 0 Å². The summed E-state index contributed by atoms with van der Waals surface area (Å²) in [5.41, 5.74) is -0.118. The minimum atomic E-state index is -4.53. The van der Waals surface area contributed by atoms with Gasteiger partial charge in [-0.05, 0) is 30.3 Å². The number of rotatable bonds is 2. The van der Waals surface area contributed by atoms with Crippen LogP contribution >= 0.6 is 0 Å².